The lowest BCUT2D eigenvalue weighted by Crippen LogP contribution is -2.56. The van der Waals surface area contributed by atoms with E-state index >= 15 is 0 Å². The summed E-state index contributed by atoms with van der Waals surface area (Å²) < 4.78 is 20.1. The summed E-state index contributed by atoms with van der Waals surface area (Å²) in [5, 5.41) is 22.7. The van der Waals surface area contributed by atoms with E-state index in [1.54, 1.807) is 23.2 Å². The number of likely N-dealkylation sites (tertiary alicyclic amines) is 1. The number of ether oxygens (including phenoxy) is 1. The third kappa shape index (κ3) is 8.10. The standard InChI is InChI=1S/C36H44FN9O5/c1-36(2,3)33(35(50)46-13-12-24(47)20-46)40-28(48)19-38-29(49)21-44-14-16-45(17-15-44)23-10-8-22(9-11-23)31-32-26(42-43-31)18-39-34(41-32)30-25(37)6-5-7-27(30)51-4/h5-11,18,24,33,47H,12-17,19-21H2,1-4H3,(H,38,49)(H,40,48)(H,42,43)/t24-,33-/m1/s1. The molecule has 2 aromatic carbocycles. The van der Waals surface area contributed by atoms with Crippen LogP contribution < -0.4 is 20.3 Å². The van der Waals surface area contributed by atoms with Crippen LogP contribution in [0, 0.1) is 11.2 Å². The maximum Gasteiger partial charge on any atom is 0.245 e. The monoisotopic (exact) mass is 701 g/mol. The molecule has 0 bridgehead atoms. The topological polar surface area (TPSA) is 169 Å². The first-order chi connectivity index (χ1) is 24.4. The molecule has 2 saturated heterocycles. The van der Waals surface area contributed by atoms with Gasteiger partial charge < -0.3 is 30.3 Å². The minimum Gasteiger partial charge on any atom is -0.496 e. The van der Waals surface area contributed by atoms with Crippen LogP contribution in [-0.2, 0) is 14.4 Å². The number of methoxy groups -OCH3 is 1. The molecule has 270 valence electrons. The molecule has 3 amide bonds. The minimum absolute atomic E-state index is 0.155. The molecule has 51 heavy (non-hydrogen) atoms. The summed E-state index contributed by atoms with van der Waals surface area (Å²) in [6, 6.07) is 11.8. The van der Waals surface area contributed by atoms with Crippen molar-refractivity contribution in [2.45, 2.75) is 39.3 Å². The van der Waals surface area contributed by atoms with Crippen LogP contribution in [0.15, 0.2) is 48.7 Å². The maximum atomic E-state index is 14.7. The van der Waals surface area contributed by atoms with Crippen molar-refractivity contribution < 1.29 is 28.6 Å². The summed E-state index contributed by atoms with van der Waals surface area (Å²) in [5.74, 6) is -0.876. The Bertz CT molecular complexity index is 1890. The van der Waals surface area contributed by atoms with E-state index < -0.39 is 29.3 Å². The Hall–Kier alpha value is -5.15. The van der Waals surface area contributed by atoms with E-state index in [1.165, 1.54) is 13.2 Å². The van der Waals surface area contributed by atoms with Gasteiger partial charge in [-0.2, -0.15) is 5.10 Å². The van der Waals surface area contributed by atoms with Crippen molar-refractivity contribution in [2.24, 2.45) is 5.41 Å². The van der Waals surface area contributed by atoms with E-state index in [1.807, 2.05) is 49.9 Å². The summed E-state index contributed by atoms with van der Waals surface area (Å²) in [7, 11) is 1.47. The van der Waals surface area contributed by atoms with Crippen molar-refractivity contribution in [1.29, 1.82) is 0 Å². The lowest BCUT2D eigenvalue weighted by atomic mass is 9.85. The molecule has 0 unspecified atom stereocenters. The number of carbonyl (C=O) groups is 3. The number of nitrogens with one attached hydrogen (secondary N) is 3. The molecule has 0 spiro atoms. The first-order valence-electron chi connectivity index (χ1n) is 17.1. The lowest BCUT2D eigenvalue weighted by Gasteiger charge is -2.35. The van der Waals surface area contributed by atoms with Gasteiger partial charge in [-0.15, -0.1) is 0 Å². The molecule has 2 aliphatic heterocycles. The zero-order chi connectivity index (χ0) is 36.3. The average Bonchev–Trinajstić information content (AvgIpc) is 3.75. The molecule has 2 aromatic heterocycles. The highest BCUT2D eigenvalue weighted by atomic mass is 19.1. The Kier molecular flexibility index (Phi) is 10.5. The Labute approximate surface area is 295 Å². The molecule has 15 heteroatoms. The van der Waals surface area contributed by atoms with Crippen LogP contribution in [0.3, 0.4) is 0 Å². The normalized spacial score (nSPS) is 17.4. The third-order valence-electron chi connectivity index (χ3n) is 9.30. The van der Waals surface area contributed by atoms with Gasteiger partial charge in [0.2, 0.25) is 17.7 Å². The van der Waals surface area contributed by atoms with E-state index in [-0.39, 0.29) is 42.8 Å². The molecule has 14 nitrogen and oxygen atoms in total. The van der Waals surface area contributed by atoms with Gasteiger partial charge in [-0.25, -0.2) is 14.4 Å². The zero-order valence-electron chi connectivity index (χ0n) is 29.3. The third-order valence-corrected chi connectivity index (χ3v) is 9.30. The van der Waals surface area contributed by atoms with Crippen molar-refractivity contribution in [2.75, 3.05) is 64.4 Å². The Balaban J connectivity index is 1.00. The molecule has 4 N–H and O–H groups in total. The number of hydrogen-bond acceptors (Lipinski definition) is 10. The predicted molar refractivity (Wildman–Crippen MR) is 189 cm³/mol. The van der Waals surface area contributed by atoms with Crippen LogP contribution in [0.5, 0.6) is 5.75 Å². The van der Waals surface area contributed by atoms with Gasteiger partial charge >= 0.3 is 0 Å². The van der Waals surface area contributed by atoms with E-state index in [0.29, 0.717) is 61.6 Å². The van der Waals surface area contributed by atoms with Crippen molar-refractivity contribution in [1.82, 2.24) is 40.6 Å². The molecule has 4 heterocycles. The zero-order valence-corrected chi connectivity index (χ0v) is 29.3. The fraction of sp³-hybridized carbons (Fsp3) is 0.444. The van der Waals surface area contributed by atoms with Crippen LogP contribution >= 0.6 is 0 Å². The summed E-state index contributed by atoms with van der Waals surface area (Å²) >= 11 is 0. The highest BCUT2D eigenvalue weighted by molar-refractivity contribution is 5.92. The second kappa shape index (κ2) is 15.0. The number of aliphatic hydroxyl groups is 1. The maximum absolute atomic E-state index is 14.7. The summed E-state index contributed by atoms with van der Waals surface area (Å²) in [5.41, 5.74) is 3.30. The van der Waals surface area contributed by atoms with Crippen LogP contribution in [0.25, 0.3) is 33.7 Å². The molecule has 2 aliphatic rings. The van der Waals surface area contributed by atoms with Crippen LogP contribution in [0.4, 0.5) is 10.1 Å². The van der Waals surface area contributed by atoms with Crippen molar-refractivity contribution in [3.8, 4) is 28.4 Å². The number of nitrogens with zero attached hydrogens (tertiary/aromatic N) is 6. The van der Waals surface area contributed by atoms with Gasteiger partial charge in [0, 0.05) is 50.5 Å². The number of hydrogen-bond donors (Lipinski definition) is 4. The highest BCUT2D eigenvalue weighted by Gasteiger charge is 2.38. The number of piperazine rings is 1. The Morgan fingerprint density at radius 1 is 1.06 bits per heavy atom. The molecule has 0 radical (unpaired) electrons. The van der Waals surface area contributed by atoms with E-state index in [2.05, 4.69) is 35.7 Å². The Morgan fingerprint density at radius 2 is 1.80 bits per heavy atom. The van der Waals surface area contributed by atoms with Crippen LogP contribution in [0.2, 0.25) is 0 Å². The van der Waals surface area contributed by atoms with Crippen molar-refractivity contribution in [3.63, 3.8) is 0 Å². The second-order valence-electron chi connectivity index (χ2n) is 14.0. The van der Waals surface area contributed by atoms with Gasteiger partial charge in [0.15, 0.2) is 5.82 Å². The molecular formula is C36H44FN9O5. The number of benzene rings is 2. The van der Waals surface area contributed by atoms with Gasteiger partial charge in [-0.1, -0.05) is 39.0 Å². The largest absolute Gasteiger partial charge is 0.496 e. The van der Waals surface area contributed by atoms with Crippen molar-refractivity contribution >= 4 is 34.4 Å². The van der Waals surface area contributed by atoms with Gasteiger partial charge in [-0.3, -0.25) is 24.4 Å². The van der Waals surface area contributed by atoms with Gasteiger partial charge in [-0.05, 0) is 36.1 Å². The van der Waals surface area contributed by atoms with E-state index in [4.69, 9.17) is 4.74 Å². The average molecular weight is 702 g/mol. The number of anilines is 1. The number of rotatable bonds is 10. The molecule has 2 atom stereocenters. The number of H-pyrrole nitrogens is 1. The van der Waals surface area contributed by atoms with Crippen LogP contribution in [0.1, 0.15) is 27.2 Å². The number of carbonyl (C=O) groups excluding carboxylic acids is 3. The van der Waals surface area contributed by atoms with Gasteiger partial charge in [0.05, 0.1) is 38.1 Å². The predicted octanol–water partition coefficient (Wildman–Crippen LogP) is 2.20. The molecule has 6 rings (SSSR count). The number of aromatic amines is 1. The summed E-state index contributed by atoms with van der Waals surface area (Å²) in [6.45, 7) is 8.98. The number of aromatic nitrogens is 4. The second-order valence-corrected chi connectivity index (χ2v) is 14.0. The van der Waals surface area contributed by atoms with Gasteiger partial charge in [0.1, 0.15) is 34.3 Å². The quantitative estimate of drug-likeness (QED) is 0.192. The number of β-amino-alcohol motifs (C(OH)–C–C–N with tert-alkyl or cyclic N) is 1. The fourth-order valence-electron chi connectivity index (χ4n) is 6.44. The van der Waals surface area contributed by atoms with Crippen molar-refractivity contribution in [3.05, 3.63) is 54.5 Å². The molecule has 0 aliphatic carbocycles. The SMILES string of the molecule is COc1cccc(F)c1-c1ncc2[nH]nc(-c3ccc(N4CCN(CC(=O)NCC(=O)N[C@H](C(=O)N5CC[C@@H](O)C5)C(C)(C)C)CC4)cc3)c2n1. The molecule has 4 aromatic rings. The molecule has 2 fully saturated rings. The number of halogens is 1. The molecule has 0 saturated carbocycles. The minimum atomic E-state index is -0.773. The number of amides is 3. The molecular weight excluding hydrogens is 657 g/mol. The number of aliphatic hydroxyl groups excluding tert-OH is 1. The summed E-state index contributed by atoms with van der Waals surface area (Å²) in [6.07, 6.45) is 1.55. The van der Waals surface area contributed by atoms with Gasteiger partial charge in [0.25, 0.3) is 0 Å². The Morgan fingerprint density at radius 3 is 2.47 bits per heavy atom. The smallest absolute Gasteiger partial charge is 0.245 e. The summed E-state index contributed by atoms with van der Waals surface area (Å²) in [4.78, 5) is 53.4. The first kappa shape index (κ1) is 35.7. The van der Waals surface area contributed by atoms with E-state index in [9.17, 15) is 23.9 Å². The lowest BCUT2D eigenvalue weighted by molar-refractivity contribution is -0.138. The van der Waals surface area contributed by atoms with E-state index in [0.717, 1.165) is 11.3 Å². The highest BCUT2D eigenvalue weighted by Crippen LogP contribution is 2.33. The number of fused-ring (bicyclic) bond motifs is 1. The first-order valence-corrected chi connectivity index (χ1v) is 17.1. The van der Waals surface area contributed by atoms with Crippen LogP contribution in [-0.4, -0.2) is 124 Å². The fourth-order valence-corrected chi connectivity index (χ4v) is 6.44.